The van der Waals surface area contributed by atoms with E-state index in [4.69, 9.17) is 15.2 Å². The number of carbonyl (C=O) groups is 1. The van der Waals surface area contributed by atoms with Crippen molar-refractivity contribution in [1.82, 2.24) is 0 Å². The summed E-state index contributed by atoms with van der Waals surface area (Å²) in [6, 6.07) is 8.29. The Labute approximate surface area is 120 Å². The van der Waals surface area contributed by atoms with E-state index in [9.17, 15) is 13.6 Å². The van der Waals surface area contributed by atoms with Gasteiger partial charge in [0.15, 0.2) is 11.6 Å². The van der Waals surface area contributed by atoms with Gasteiger partial charge < -0.3 is 15.2 Å². The normalized spacial score (nSPS) is 10.2. The van der Waals surface area contributed by atoms with Crippen molar-refractivity contribution in [2.24, 2.45) is 0 Å². The van der Waals surface area contributed by atoms with Crippen molar-refractivity contribution in [1.29, 1.82) is 0 Å². The van der Waals surface area contributed by atoms with Gasteiger partial charge in [-0.25, -0.2) is 13.6 Å². The van der Waals surface area contributed by atoms with Crippen molar-refractivity contribution >= 4 is 11.7 Å². The lowest BCUT2D eigenvalue weighted by Crippen LogP contribution is -2.10. The zero-order chi connectivity index (χ0) is 15.4. The van der Waals surface area contributed by atoms with E-state index in [1.807, 2.05) is 0 Å². The molecule has 0 atom stereocenters. The van der Waals surface area contributed by atoms with Crippen LogP contribution in [0, 0.1) is 11.6 Å². The van der Waals surface area contributed by atoms with Crippen LogP contribution in [0.4, 0.5) is 14.5 Å². The molecule has 21 heavy (non-hydrogen) atoms. The predicted molar refractivity (Wildman–Crippen MR) is 72.9 cm³/mol. The Morgan fingerprint density at radius 3 is 2.62 bits per heavy atom. The van der Waals surface area contributed by atoms with Crippen LogP contribution >= 0.6 is 0 Å². The molecule has 0 spiro atoms. The van der Waals surface area contributed by atoms with E-state index >= 15 is 0 Å². The Balaban J connectivity index is 2.14. The Kier molecular flexibility index (Phi) is 4.37. The van der Waals surface area contributed by atoms with Gasteiger partial charge in [-0.2, -0.15) is 0 Å². The molecule has 0 fully saturated rings. The van der Waals surface area contributed by atoms with Crippen LogP contribution in [-0.4, -0.2) is 13.1 Å². The zero-order valence-electron chi connectivity index (χ0n) is 11.2. The second-order valence-electron chi connectivity index (χ2n) is 4.21. The summed E-state index contributed by atoms with van der Waals surface area (Å²) in [6.45, 7) is -0.390. The lowest BCUT2D eigenvalue weighted by molar-refractivity contribution is 0.0469. The predicted octanol–water partition coefficient (Wildman–Crippen LogP) is 2.91. The van der Waals surface area contributed by atoms with Crippen molar-refractivity contribution in [3.63, 3.8) is 0 Å². The summed E-state index contributed by atoms with van der Waals surface area (Å²) >= 11 is 0. The van der Waals surface area contributed by atoms with E-state index in [0.29, 0.717) is 5.75 Å². The molecule has 0 aliphatic heterocycles. The van der Waals surface area contributed by atoms with Gasteiger partial charge in [-0.1, -0.05) is 18.2 Å². The van der Waals surface area contributed by atoms with E-state index in [1.54, 1.807) is 12.1 Å². The van der Waals surface area contributed by atoms with Gasteiger partial charge in [-0.15, -0.1) is 0 Å². The summed E-state index contributed by atoms with van der Waals surface area (Å²) in [5.41, 5.74) is 5.94. The lowest BCUT2D eigenvalue weighted by Gasteiger charge is -2.10. The summed E-state index contributed by atoms with van der Waals surface area (Å²) < 4.78 is 36.4. The average molecular weight is 293 g/mol. The fraction of sp³-hybridized carbons (Fsp3) is 0.133. The summed E-state index contributed by atoms with van der Waals surface area (Å²) in [5.74, 6) is -2.44. The van der Waals surface area contributed by atoms with Crippen molar-refractivity contribution in [3.8, 4) is 5.75 Å². The van der Waals surface area contributed by atoms with E-state index < -0.39 is 17.6 Å². The van der Waals surface area contributed by atoms with Crippen LogP contribution in [0.25, 0.3) is 0 Å². The fourth-order valence-electron chi connectivity index (χ4n) is 1.78. The number of hydrogen-bond acceptors (Lipinski definition) is 4. The number of anilines is 1. The van der Waals surface area contributed by atoms with Gasteiger partial charge in [0.2, 0.25) is 0 Å². The minimum absolute atomic E-state index is 0.0511. The van der Waals surface area contributed by atoms with Crippen LogP contribution in [0.5, 0.6) is 5.75 Å². The van der Waals surface area contributed by atoms with Gasteiger partial charge in [-0.3, -0.25) is 0 Å². The summed E-state index contributed by atoms with van der Waals surface area (Å²) in [4.78, 5) is 11.9. The monoisotopic (exact) mass is 293 g/mol. The molecule has 0 aromatic heterocycles. The smallest absolute Gasteiger partial charge is 0.340 e. The zero-order valence-corrected chi connectivity index (χ0v) is 11.2. The SMILES string of the molecule is COc1cccc(C(=O)OCc2cccc(F)c2F)c1N. The molecule has 6 heteroatoms. The van der Waals surface area contributed by atoms with Gasteiger partial charge in [0.1, 0.15) is 12.4 Å². The molecule has 0 aliphatic carbocycles. The van der Waals surface area contributed by atoms with Crippen LogP contribution in [0.15, 0.2) is 36.4 Å². The number of benzene rings is 2. The van der Waals surface area contributed by atoms with Crippen LogP contribution in [0.2, 0.25) is 0 Å². The lowest BCUT2D eigenvalue weighted by atomic mass is 10.1. The number of para-hydroxylation sites is 1. The van der Waals surface area contributed by atoms with Crippen molar-refractivity contribution in [2.45, 2.75) is 6.61 Å². The number of rotatable bonds is 4. The number of methoxy groups -OCH3 is 1. The van der Waals surface area contributed by atoms with E-state index in [1.165, 1.54) is 25.3 Å². The number of nitrogen functional groups attached to an aromatic ring is 1. The van der Waals surface area contributed by atoms with Gasteiger partial charge >= 0.3 is 5.97 Å². The molecule has 0 heterocycles. The summed E-state index contributed by atoms with van der Waals surface area (Å²) in [6.07, 6.45) is 0. The standard InChI is InChI=1S/C15H13F2NO3/c1-20-12-7-3-5-10(14(12)18)15(19)21-8-9-4-2-6-11(16)13(9)17/h2-7H,8,18H2,1H3. The summed E-state index contributed by atoms with van der Waals surface area (Å²) in [5, 5.41) is 0. The molecule has 2 aromatic rings. The molecule has 2 rings (SSSR count). The Hall–Kier alpha value is -2.63. The highest BCUT2D eigenvalue weighted by Crippen LogP contribution is 2.25. The molecule has 4 nitrogen and oxygen atoms in total. The van der Waals surface area contributed by atoms with Crippen LogP contribution < -0.4 is 10.5 Å². The first kappa shape index (κ1) is 14.8. The highest BCUT2D eigenvalue weighted by Gasteiger charge is 2.16. The topological polar surface area (TPSA) is 61.5 Å². The Morgan fingerprint density at radius 2 is 1.90 bits per heavy atom. The number of halogens is 2. The molecule has 0 saturated heterocycles. The molecule has 2 aromatic carbocycles. The first-order valence-corrected chi connectivity index (χ1v) is 6.07. The maximum atomic E-state index is 13.4. The molecule has 0 amide bonds. The van der Waals surface area contributed by atoms with Gasteiger partial charge in [0.25, 0.3) is 0 Å². The second kappa shape index (κ2) is 6.21. The van der Waals surface area contributed by atoms with Crippen molar-refractivity contribution in [3.05, 3.63) is 59.2 Å². The number of nitrogens with two attached hydrogens (primary N) is 1. The third-order valence-electron chi connectivity index (χ3n) is 2.90. The van der Waals surface area contributed by atoms with Crippen molar-refractivity contribution < 1.29 is 23.0 Å². The highest BCUT2D eigenvalue weighted by atomic mass is 19.2. The van der Waals surface area contributed by atoms with Gasteiger partial charge in [0, 0.05) is 5.56 Å². The van der Waals surface area contributed by atoms with Crippen molar-refractivity contribution in [2.75, 3.05) is 12.8 Å². The first-order valence-electron chi connectivity index (χ1n) is 6.07. The number of carbonyl (C=O) groups excluding carboxylic acids is 1. The molecule has 0 aliphatic rings. The number of hydrogen-bond donors (Lipinski definition) is 1. The van der Waals surface area contributed by atoms with Crippen LogP contribution in [0.1, 0.15) is 15.9 Å². The van der Waals surface area contributed by atoms with Gasteiger partial charge in [-0.05, 0) is 18.2 Å². The average Bonchev–Trinajstić information content (AvgIpc) is 2.48. The minimum Gasteiger partial charge on any atom is -0.495 e. The molecule has 2 N–H and O–H groups in total. The molecular weight excluding hydrogens is 280 g/mol. The maximum absolute atomic E-state index is 13.4. The van der Waals surface area contributed by atoms with Gasteiger partial charge in [0.05, 0.1) is 18.4 Å². The highest BCUT2D eigenvalue weighted by molar-refractivity contribution is 5.96. The summed E-state index contributed by atoms with van der Waals surface area (Å²) in [7, 11) is 1.42. The molecule has 0 bridgehead atoms. The van der Waals surface area contributed by atoms with E-state index in [2.05, 4.69) is 0 Å². The maximum Gasteiger partial charge on any atom is 0.340 e. The molecule has 110 valence electrons. The minimum atomic E-state index is -1.04. The Bertz CT molecular complexity index is 674. The van der Waals surface area contributed by atoms with Crippen LogP contribution in [0.3, 0.4) is 0 Å². The van der Waals surface area contributed by atoms with Crippen LogP contribution in [-0.2, 0) is 11.3 Å². The number of esters is 1. The third kappa shape index (κ3) is 3.10. The molecule has 0 saturated carbocycles. The Morgan fingerprint density at radius 1 is 1.19 bits per heavy atom. The van der Waals surface area contributed by atoms with E-state index in [0.717, 1.165) is 6.07 Å². The quantitative estimate of drug-likeness (QED) is 0.695. The molecule has 0 radical (unpaired) electrons. The third-order valence-corrected chi connectivity index (χ3v) is 2.90. The fourth-order valence-corrected chi connectivity index (χ4v) is 1.78. The second-order valence-corrected chi connectivity index (χ2v) is 4.21. The molecule has 0 unspecified atom stereocenters. The largest absolute Gasteiger partial charge is 0.495 e. The first-order chi connectivity index (χ1) is 10.0. The van der Waals surface area contributed by atoms with E-state index in [-0.39, 0.29) is 23.4 Å². The molecular formula is C15H13F2NO3. The number of ether oxygens (including phenoxy) is 2.